The molecule has 2 aromatic rings. The van der Waals surface area contributed by atoms with Gasteiger partial charge in [0.05, 0.1) is 25.9 Å². The van der Waals surface area contributed by atoms with Gasteiger partial charge in [-0.2, -0.15) is 0 Å². The molecule has 2 fully saturated rings. The molecule has 1 spiro atoms. The average Bonchev–Trinajstić information content (AvgIpc) is 2.60. The monoisotopic (exact) mass is 341 g/mol. The second kappa shape index (κ2) is 6.36. The normalized spacial score (nSPS) is 21.6. The number of amides is 1. The van der Waals surface area contributed by atoms with Gasteiger partial charge in [0.1, 0.15) is 17.4 Å². The molecule has 4 heterocycles. The lowest BCUT2D eigenvalue weighted by atomic mass is 9.84. The van der Waals surface area contributed by atoms with Crippen LogP contribution < -0.4 is 4.74 Å². The van der Waals surface area contributed by atoms with Crippen molar-refractivity contribution in [2.24, 2.45) is 0 Å². The molecule has 130 valence electrons. The van der Waals surface area contributed by atoms with Crippen molar-refractivity contribution in [3.63, 3.8) is 0 Å². The first-order chi connectivity index (χ1) is 12.1. The molecule has 8 nitrogen and oxygen atoms in total. The predicted octanol–water partition coefficient (Wildman–Crippen LogP) is 1.03. The van der Waals surface area contributed by atoms with E-state index in [1.807, 2.05) is 13.0 Å². The number of aryl methyl sites for hydroxylation is 1. The standard InChI is InChI=1S/C17H19N5O3/c1-12-2-4-20-16(21-12)25-13-3-7-24-17(8-13)10-22(11-17)15(23)14-9-18-5-6-19-14/h2,4-6,9,13H,3,7-8,10-11H2,1H3. The van der Waals surface area contributed by atoms with Crippen molar-refractivity contribution in [3.8, 4) is 6.01 Å². The van der Waals surface area contributed by atoms with Crippen molar-refractivity contribution in [1.82, 2.24) is 24.8 Å². The summed E-state index contributed by atoms with van der Waals surface area (Å²) in [6.07, 6.45) is 7.74. The summed E-state index contributed by atoms with van der Waals surface area (Å²) < 4.78 is 11.9. The van der Waals surface area contributed by atoms with Gasteiger partial charge in [0.25, 0.3) is 5.91 Å². The molecule has 0 aromatic carbocycles. The van der Waals surface area contributed by atoms with Crippen LogP contribution in [0.1, 0.15) is 29.0 Å². The minimum atomic E-state index is -0.343. The van der Waals surface area contributed by atoms with Gasteiger partial charge in [-0.3, -0.25) is 9.78 Å². The van der Waals surface area contributed by atoms with Gasteiger partial charge in [-0.25, -0.2) is 15.0 Å². The Morgan fingerprint density at radius 2 is 2.20 bits per heavy atom. The van der Waals surface area contributed by atoms with E-state index in [1.54, 1.807) is 17.3 Å². The van der Waals surface area contributed by atoms with E-state index in [4.69, 9.17) is 9.47 Å². The van der Waals surface area contributed by atoms with E-state index in [1.165, 1.54) is 12.4 Å². The molecular formula is C17H19N5O3. The number of aromatic nitrogens is 4. The Labute approximate surface area is 145 Å². The van der Waals surface area contributed by atoms with Gasteiger partial charge in [0.2, 0.25) is 0 Å². The number of carbonyl (C=O) groups is 1. The average molecular weight is 341 g/mol. The smallest absolute Gasteiger partial charge is 0.316 e. The van der Waals surface area contributed by atoms with Crippen LogP contribution in [0.15, 0.2) is 30.9 Å². The first-order valence-electron chi connectivity index (χ1n) is 8.29. The summed E-state index contributed by atoms with van der Waals surface area (Å²) in [6, 6.07) is 2.23. The van der Waals surface area contributed by atoms with E-state index in [0.717, 1.165) is 12.1 Å². The van der Waals surface area contributed by atoms with Crippen LogP contribution in [-0.4, -0.2) is 62.1 Å². The third-order valence-electron chi connectivity index (χ3n) is 4.52. The quantitative estimate of drug-likeness (QED) is 0.823. The minimum absolute atomic E-state index is 0.00989. The molecule has 0 aliphatic carbocycles. The van der Waals surface area contributed by atoms with Gasteiger partial charge in [0.15, 0.2) is 0 Å². The van der Waals surface area contributed by atoms with E-state index in [9.17, 15) is 4.79 Å². The molecule has 25 heavy (non-hydrogen) atoms. The van der Waals surface area contributed by atoms with Crippen molar-refractivity contribution >= 4 is 5.91 Å². The zero-order chi connectivity index (χ0) is 17.3. The molecule has 0 N–H and O–H groups in total. The fraction of sp³-hybridized carbons (Fsp3) is 0.471. The Balaban J connectivity index is 1.37. The molecule has 0 bridgehead atoms. The lowest BCUT2D eigenvalue weighted by Crippen LogP contribution is -2.67. The molecule has 1 unspecified atom stereocenters. The molecule has 0 saturated carbocycles. The zero-order valence-corrected chi connectivity index (χ0v) is 14.0. The Hall–Kier alpha value is -2.61. The Bertz CT molecular complexity index is 764. The van der Waals surface area contributed by atoms with Gasteiger partial charge < -0.3 is 14.4 Å². The molecule has 2 aliphatic rings. The molecule has 1 amide bonds. The van der Waals surface area contributed by atoms with E-state index < -0.39 is 0 Å². The van der Waals surface area contributed by atoms with E-state index in [0.29, 0.717) is 37.8 Å². The molecule has 2 saturated heterocycles. The van der Waals surface area contributed by atoms with Gasteiger partial charge in [0, 0.05) is 37.1 Å². The second-order valence-corrected chi connectivity index (χ2v) is 6.50. The van der Waals surface area contributed by atoms with Crippen LogP contribution in [-0.2, 0) is 4.74 Å². The number of hydrogen-bond acceptors (Lipinski definition) is 7. The van der Waals surface area contributed by atoms with Crippen LogP contribution in [0.4, 0.5) is 0 Å². The summed E-state index contributed by atoms with van der Waals surface area (Å²) in [5.41, 5.74) is 0.884. The van der Waals surface area contributed by atoms with Crippen LogP contribution in [0, 0.1) is 6.92 Å². The number of hydrogen-bond donors (Lipinski definition) is 0. The minimum Gasteiger partial charge on any atom is -0.460 e. The van der Waals surface area contributed by atoms with Crippen LogP contribution in [0.25, 0.3) is 0 Å². The molecule has 1 atom stereocenters. The summed E-state index contributed by atoms with van der Waals surface area (Å²) in [5, 5.41) is 0. The predicted molar refractivity (Wildman–Crippen MR) is 87.0 cm³/mol. The third-order valence-corrected chi connectivity index (χ3v) is 4.52. The summed E-state index contributed by atoms with van der Waals surface area (Å²) in [4.78, 5) is 30.6. The summed E-state index contributed by atoms with van der Waals surface area (Å²) >= 11 is 0. The Kier molecular flexibility index (Phi) is 4.04. The molecule has 4 rings (SSSR count). The summed E-state index contributed by atoms with van der Waals surface area (Å²) in [5.74, 6) is -0.118. The first kappa shape index (κ1) is 15.9. The highest BCUT2D eigenvalue weighted by atomic mass is 16.5. The van der Waals surface area contributed by atoms with Crippen LogP contribution in [0.3, 0.4) is 0 Å². The van der Waals surface area contributed by atoms with Gasteiger partial charge in [-0.15, -0.1) is 0 Å². The highest BCUT2D eigenvalue weighted by Crippen LogP contribution is 2.35. The molecular weight excluding hydrogens is 322 g/mol. The molecule has 2 aromatic heterocycles. The van der Waals surface area contributed by atoms with E-state index in [-0.39, 0.29) is 17.6 Å². The molecule has 0 radical (unpaired) electrons. The maximum atomic E-state index is 12.4. The van der Waals surface area contributed by atoms with Crippen molar-refractivity contribution in [3.05, 3.63) is 42.2 Å². The first-order valence-corrected chi connectivity index (χ1v) is 8.29. The lowest BCUT2D eigenvalue weighted by molar-refractivity contribution is -0.174. The Morgan fingerprint density at radius 1 is 1.32 bits per heavy atom. The highest BCUT2D eigenvalue weighted by Gasteiger charge is 2.50. The van der Waals surface area contributed by atoms with Crippen LogP contribution >= 0.6 is 0 Å². The Morgan fingerprint density at radius 3 is 2.96 bits per heavy atom. The summed E-state index contributed by atoms with van der Waals surface area (Å²) in [6.45, 7) is 3.58. The highest BCUT2D eigenvalue weighted by molar-refractivity contribution is 5.92. The third kappa shape index (κ3) is 3.30. The number of likely N-dealkylation sites (tertiary alicyclic amines) is 1. The number of carbonyl (C=O) groups excluding carboxylic acids is 1. The fourth-order valence-corrected chi connectivity index (χ4v) is 3.30. The maximum Gasteiger partial charge on any atom is 0.316 e. The lowest BCUT2D eigenvalue weighted by Gasteiger charge is -2.52. The van der Waals surface area contributed by atoms with Crippen molar-refractivity contribution in [2.45, 2.75) is 31.5 Å². The van der Waals surface area contributed by atoms with Gasteiger partial charge in [-0.05, 0) is 13.0 Å². The number of ether oxygens (including phenoxy) is 2. The number of rotatable bonds is 3. The maximum absolute atomic E-state index is 12.4. The summed E-state index contributed by atoms with van der Waals surface area (Å²) in [7, 11) is 0. The van der Waals surface area contributed by atoms with Crippen molar-refractivity contribution < 1.29 is 14.3 Å². The largest absolute Gasteiger partial charge is 0.460 e. The van der Waals surface area contributed by atoms with Crippen molar-refractivity contribution in [1.29, 1.82) is 0 Å². The molecule has 2 aliphatic heterocycles. The van der Waals surface area contributed by atoms with Gasteiger partial charge >= 0.3 is 6.01 Å². The second-order valence-electron chi connectivity index (χ2n) is 6.50. The van der Waals surface area contributed by atoms with E-state index in [2.05, 4.69) is 19.9 Å². The fourth-order valence-electron chi connectivity index (χ4n) is 3.30. The molecule has 8 heteroatoms. The topological polar surface area (TPSA) is 90.3 Å². The zero-order valence-electron chi connectivity index (χ0n) is 14.0. The van der Waals surface area contributed by atoms with Crippen molar-refractivity contribution in [2.75, 3.05) is 19.7 Å². The van der Waals surface area contributed by atoms with Crippen LogP contribution in [0.2, 0.25) is 0 Å². The number of nitrogens with zero attached hydrogens (tertiary/aromatic N) is 5. The van der Waals surface area contributed by atoms with E-state index >= 15 is 0 Å². The van der Waals surface area contributed by atoms with Gasteiger partial charge in [-0.1, -0.05) is 0 Å². The van der Waals surface area contributed by atoms with Crippen LogP contribution in [0.5, 0.6) is 6.01 Å². The SMILES string of the molecule is Cc1ccnc(OC2CCOC3(C2)CN(C(=O)c2cnccn2)C3)n1.